The van der Waals surface area contributed by atoms with Crippen molar-refractivity contribution in [1.82, 2.24) is 0 Å². The van der Waals surface area contributed by atoms with Crippen molar-refractivity contribution in [3.8, 4) is 0 Å². The third kappa shape index (κ3) is 4.52. The van der Waals surface area contributed by atoms with Gasteiger partial charge in [0.05, 0.1) is 30.5 Å². The van der Waals surface area contributed by atoms with Gasteiger partial charge in [-0.2, -0.15) is 0 Å². The molecule has 2 saturated heterocycles. The molecule has 0 aromatic heterocycles. The maximum Gasteiger partial charge on any atom is 0.395 e. The Morgan fingerprint density at radius 2 is 1.93 bits per heavy atom. The van der Waals surface area contributed by atoms with Crippen molar-refractivity contribution in [2.75, 3.05) is 31.2 Å². The van der Waals surface area contributed by atoms with E-state index in [1.54, 1.807) is 0 Å². The van der Waals surface area contributed by atoms with Crippen LogP contribution in [-0.2, 0) is 19.0 Å². The molecule has 0 amide bonds. The van der Waals surface area contributed by atoms with E-state index < -0.39 is 6.23 Å². The topological polar surface area (TPSA) is 55.7 Å². The molecule has 2 fully saturated rings. The van der Waals surface area contributed by atoms with Gasteiger partial charge in [-0.25, -0.2) is 6.57 Å². The average molecular weight is 394 g/mol. The monoisotopic (exact) mass is 394 g/mol. The SMILES string of the molecule is [C-]#[N+]C(OC(=O)CCC1OC1(C)C)c1ccc2cc(N3CCOCC3)ccc2c1. The molecule has 2 unspecified atom stereocenters. The fraction of sp³-hybridized carbons (Fsp3) is 0.478. The Hall–Kier alpha value is -2.62. The van der Waals surface area contributed by atoms with Crippen LogP contribution in [0.5, 0.6) is 0 Å². The maximum atomic E-state index is 12.2. The van der Waals surface area contributed by atoms with Crippen LogP contribution in [0.4, 0.5) is 5.69 Å². The number of nitrogens with zero attached hydrogens (tertiary/aromatic N) is 2. The molecule has 2 aliphatic heterocycles. The van der Waals surface area contributed by atoms with Gasteiger partial charge >= 0.3 is 12.2 Å². The average Bonchev–Trinajstić information content (AvgIpc) is 3.36. The standard InChI is InChI=1S/C23H26N2O4/c1-23(2)20(29-23)8-9-21(26)28-22(24-3)18-5-4-17-15-19(7-6-16(17)14-18)25-10-12-27-13-11-25/h4-7,14-15,20,22H,8-13H2,1-2H3. The van der Waals surface area contributed by atoms with Gasteiger partial charge in [-0.1, -0.05) is 12.1 Å². The normalized spacial score (nSPS) is 21.4. The van der Waals surface area contributed by atoms with Gasteiger partial charge in [-0.05, 0) is 55.3 Å². The van der Waals surface area contributed by atoms with E-state index in [-0.39, 0.29) is 24.1 Å². The molecule has 0 N–H and O–H groups in total. The lowest BCUT2D eigenvalue weighted by Gasteiger charge is -2.29. The number of esters is 1. The number of anilines is 1. The molecular formula is C23H26N2O4. The highest BCUT2D eigenvalue weighted by atomic mass is 16.6. The van der Waals surface area contributed by atoms with E-state index in [4.69, 9.17) is 20.8 Å². The van der Waals surface area contributed by atoms with Gasteiger partial charge in [0, 0.05) is 25.2 Å². The van der Waals surface area contributed by atoms with Crippen molar-refractivity contribution < 1.29 is 19.0 Å². The number of benzene rings is 2. The van der Waals surface area contributed by atoms with Crippen LogP contribution in [0, 0.1) is 6.57 Å². The number of hydrogen-bond donors (Lipinski definition) is 0. The molecule has 6 heteroatoms. The largest absolute Gasteiger partial charge is 0.395 e. The molecule has 2 aliphatic rings. The minimum atomic E-state index is -0.918. The Kier molecular flexibility index (Phi) is 5.44. The van der Waals surface area contributed by atoms with E-state index in [0.717, 1.165) is 37.1 Å². The molecule has 0 spiro atoms. The summed E-state index contributed by atoms with van der Waals surface area (Å²) in [6.07, 6.45) is 0.0663. The quantitative estimate of drug-likeness (QED) is 0.420. The van der Waals surface area contributed by atoms with Crippen molar-refractivity contribution in [3.05, 3.63) is 53.4 Å². The maximum absolute atomic E-state index is 12.2. The lowest BCUT2D eigenvalue weighted by molar-refractivity contribution is -0.147. The van der Waals surface area contributed by atoms with Crippen LogP contribution in [0.3, 0.4) is 0 Å². The first-order valence-corrected chi connectivity index (χ1v) is 10.1. The summed E-state index contributed by atoms with van der Waals surface area (Å²) < 4.78 is 16.3. The van der Waals surface area contributed by atoms with Gasteiger partial charge in [-0.3, -0.25) is 9.64 Å². The van der Waals surface area contributed by atoms with Crippen molar-refractivity contribution in [1.29, 1.82) is 0 Å². The molecule has 0 saturated carbocycles. The van der Waals surface area contributed by atoms with Crippen LogP contribution in [0.15, 0.2) is 36.4 Å². The van der Waals surface area contributed by atoms with Crippen LogP contribution in [0.25, 0.3) is 15.6 Å². The highest BCUT2D eigenvalue weighted by Gasteiger charge is 2.47. The number of carbonyl (C=O) groups excluding carboxylic acids is 1. The molecule has 0 bridgehead atoms. The van der Waals surface area contributed by atoms with Crippen molar-refractivity contribution in [2.45, 2.75) is 44.6 Å². The van der Waals surface area contributed by atoms with Crippen molar-refractivity contribution in [3.63, 3.8) is 0 Å². The minimum Gasteiger partial charge on any atom is -0.388 e. The second-order valence-electron chi connectivity index (χ2n) is 8.11. The van der Waals surface area contributed by atoms with E-state index in [2.05, 4.69) is 27.9 Å². The number of fused-ring (bicyclic) bond motifs is 1. The zero-order valence-electron chi connectivity index (χ0n) is 16.9. The smallest absolute Gasteiger partial charge is 0.388 e. The second kappa shape index (κ2) is 8.02. The van der Waals surface area contributed by atoms with Crippen LogP contribution in [0.2, 0.25) is 0 Å². The number of ether oxygens (including phenoxy) is 3. The Morgan fingerprint density at radius 3 is 2.62 bits per heavy atom. The molecule has 2 aromatic rings. The Balaban J connectivity index is 1.43. The van der Waals surface area contributed by atoms with E-state index in [1.165, 1.54) is 5.69 Å². The molecule has 2 heterocycles. The highest BCUT2D eigenvalue weighted by molar-refractivity contribution is 5.86. The van der Waals surface area contributed by atoms with E-state index >= 15 is 0 Å². The first-order chi connectivity index (χ1) is 14.0. The summed E-state index contributed by atoms with van der Waals surface area (Å²) in [4.78, 5) is 18.0. The van der Waals surface area contributed by atoms with E-state index in [9.17, 15) is 4.79 Å². The third-order valence-electron chi connectivity index (χ3n) is 5.64. The Bertz CT molecular complexity index is 944. The molecule has 0 aliphatic carbocycles. The fourth-order valence-electron chi connectivity index (χ4n) is 3.76. The molecule has 2 aromatic carbocycles. The zero-order valence-corrected chi connectivity index (χ0v) is 16.9. The summed E-state index contributed by atoms with van der Waals surface area (Å²) in [5, 5.41) is 2.12. The summed E-state index contributed by atoms with van der Waals surface area (Å²) in [5.41, 5.74) is 1.73. The number of carbonyl (C=O) groups is 1. The number of morpholine rings is 1. The summed E-state index contributed by atoms with van der Waals surface area (Å²) >= 11 is 0. The summed E-state index contributed by atoms with van der Waals surface area (Å²) in [5.74, 6) is -0.361. The van der Waals surface area contributed by atoms with Gasteiger partial charge in [-0.15, -0.1) is 0 Å². The Morgan fingerprint density at radius 1 is 1.24 bits per heavy atom. The van der Waals surface area contributed by atoms with Gasteiger partial charge in [0.15, 0.2) is 0 Å². The Labute approximate surface area is 171 Å². The third-order valence-corrected chi connectivity index (χ3v) is 5.64. The van der Waals surface area contributed by atoms with E-state index in [1.807, 2.05) is 32.0 Å². The predicted molar refractivity (Wildman–Crippen MR) is 111 cm³/mol. The molecule has 6 nitrogen and oxygen atoms in total. The highest BCUT2D eigenvalue weighted by Crippen LogP contribution is 2.38. The van der Waals surface area contributed by atoms with Crippen LogP contribution < -0.4 is 4.90 Å². The first-order valence-electron chi connectivity index (χ1n) is 10.1. The lowest BCUT2D eigenvalue weighted by atomic mass is 10.0. The molecule has 29 heavy (non-hydrogen) atoms. The van der Waals surface area contributed by atoms with Gasteiger partial charge in [0.25, 0.3) is 0 Å². The zero-order chi connectivity index (χ0) is 20.4. The number of epoxide rings is 1. The fourth-order valence-corrected chi connectivity index (χ4v) is 3.76. The van der Waals surface area contributed by atoms with Gasteiger partial charge < -0.3 is 19.1 Å². The van der Waals surface area contributed by atoms with E-state index in [0.29, 0.717) is 12.0 Å². The second-order valence-corrected chi connectivity index (χ2v) is 8.11. The minimum absolute atomic E-state index is 0.0998. The molecular weight excluding hydrogens is 368 g/mol. The molecule has 0 radical (unpaired) electrons. The summed E-state index contributed by atoms with van der Waals surface area (Å²) in [6.45, 7) is 14.8. The lowest BCUT2D eigenvalue weighted by Crippen LogP contribution is -2.36. The molecule has 2 atom stereocenters. The van der Waals surface area contributed by atoms with Crippen LogP contribution in [0.1, 0.15) is 38.5 Å². The summed E-state index contributed by atoms with van der Waals surface area (Å²) in [7, 11) is 0. The van der Waals surface area contributed by atoms with Crippen molar-refractivity contribution >= 4 is 22.4 Å². The number of hydrogen-bond acceptors (Lipinski definition) is 5. The number of rotatable bonds is 6. The summed E-state index contributed by atoms with van der Waals surface area (Å²) in [6, 6.07) is 12.1. The first kappa shape index (κ1) is 19.7. The van der Waals surface area contributed by atoms with Crippen LogP contribution >= 0.6 is 0 Å². The van der Waals surface area contributed by atoms with Crippen LogP contribution in [-0.4, -0.2) is 44.0 Å². The van der Waals surface area contributed by atoms with Gasteiger partial charge in [0.1, 0.15) is 0 Å². The van der Waals surface area contributed by atoms with Crippen molar-refractivity contribution in [2.24, 2.45) is 0 Å². The predicted octanol–water partition coefficient (Wildman–Crippen LogP) is 4.10. The molecule has 152 valence electrons. The van der Waals surface area contributed by atoms with Gasteiger partial charge in [0.2, 0.25) is 0 Å². The molecule has 4 rings (SSSR count).